The molecule has 0 aliphatic heterocycles. The zero-order valence-corrected chi connectivity index (χ0v) is 14.6. The number of carbonyl (C=O) groups is 2. The molecule has 1 rings (SSSR count). The van der Waals surface area contributed by atoms with E-state index in [9.17, 15) is 9.59 Å². The first-order chi connectivity index (χ1) is 11.5. The van der Waals surface area contributed by atoms with Crippen LogP contribution in [0.4, 0.5) is 0 Å². The summed E-state index contributed by atoms with van der Waals surface area (Å²) in [4.78, 5) is 23.0. The van der Waals surface area contributed by atoms with Crippen molar-refractivity contribution in [3.05, 3.63) is 23.8 Å². The Hall–Kier alpha value is -2.57. The van der Waals surface area contributed by atoms with Crippen molar-refractivity contribution >= 4 is 18.0 Å². The third-order valence-electron chi connectivity index (χ3n) is 2.74. The van der Waals surface area contributed by atoms with Crippen LogP contribution in [0.5, 0.6) is 11.5 Å². The van der Waals surface area contributed by atoms with E-state index in [0.717, 1.165) is 6.42 Å². The van der Waals surface area contributed by atoms with Gasteiger partial charge in [-0.25, -0.2) is 5.43 Å². The van der Waals surface area contributed by atoms with E-state index >= 15 is 0 Å². The molecule has 132 valence electrons. The van der Waals surface area contributed by atoms with Crippen molar-refractivity contribution in [3.63, 3.8) is 0 Å². The first kappa shape index (κ1) is 19.5. The van der Waals surface area contributed by atoms with E-state index in [4.69, 9.17) is 9.47 Å². The molecule has 7 nitrogen and oxygen atoms in total. The minimum absolute atomic E-state index is 0.114. The van der Waals surface area contributed by atoms with Crippen LogP contribution >= 0.6 is 0 Å². The summed E-state index contributed by atoms with van der Waals surface area (Å²) in [7, 11) is 0. The lowest BCUT2D eigenvalue weighted by molar-refractivity contribution is -0.139. The average Bonchev–Trinajstić information content (AvgIpc) is 2.53. The molecule has 0 spiro atoms. The number of hydrogen-bond acceptors (Lipinski definition) is 5. The Bertz CT molecular complexity index is 585. The van der Waals surface area contributed by atoms with Crippen LogP contribution < -0.4 is 20.2 Å². The van der Waals surface area contributed by atoms with Gasteiger partial charge >= 0.3 is 11.8 Å². The van der Waals surface area contributed by atoms with Gasteiger partial charge in [0.15, 0.2) is 11.5 Å². The van der Waals surface area contributed by atoms with Crippen LogP contribution in [-0.2, 0) is 9.59 Å². The number of ether oxygens (including phenoxy) is 2. The van der Waals surface area contributed by atoms with E-state index in [0.29, 0.717) is 30.3 Å². The maximum absolute atomic E-state index is 11.5. The summed E-state index contributed by atoms with van der Waals surface area (Å²) in [6, 6.07) is 5.22. The van der Waals surface area contributed by atoms with Gasteiger partial charge in [0.05, 0.1) is 19.4 Å². The summed E-state index contributed by atoms with van der Waals surface area (Å²) in [6.45, 7) is 8.57. The first-order valence-corrected chi connectivity index (χ1v) is 8.01. The van der Waals surface area contributed by atoms with Gasteiger partial charge in [-0.2, -0.15) is 5.10 Å². The Kier molecular flexibility index (Phi) is 8.32. The Morgan fingerprint density at radius 1 is 1.17 bits per heavy atom. The topological polar surface area (TPSA) is 89.0 Å². The van der Waals surface area contributed by atoms with Gasteiger partial charge < -0.3 is 14.8 Å². The van der Waals surface area contributed by atoms with Gasteiger partial charge in [0.2, 0.25) is 0 Å². The second-order valence-electron chi connectivity index (χ2n) is 5.31. The molecule has 0 aliphatic carbocycles. The van der Waals surface area contributed by atoms with Gasteiger partial charge in [0.25, 0.3) is 0 Å². The summed E-state index contributed by atoms with van der Waals surface area (Å²) in [6.07, 6.45) is 2.34. The summed E-state index contributed by atoms with van der Waals surface area (Å²) in [5.74, 6) is -0.261. The predicted octanol–water partition coefficient (Wildman–Crippen LogP) is 1.85. The molecule has 7 heteroatoms. The Morgan fingerprint density at radius 3 is 2.54 bits per heavy atom. The number of hydrazone groups is 1. The highest BCUT2D eigenvalue weighted by molar-refractivity contribution is 6.35. The van der Waals surface area contributed by atoms with Crippen LogP contribution in [0.2, 0.25) is 0 Å². The van der Waals surface area contributed by atoms with Gasteiger partial charge in [-0.3, -0.25) is 9.59 Å². The second kappa shape index (κ2) is 10.3. The number of benzene rings is 1. The molecular weight excluding hydrogens is 310 g/mol. The monoisotopic (exact) mass is 335 g/mol. The van der Waals surface area contributed by atoms with Crippen molar-refractivity contribution in [2.45, 2.75) is 40.2 Å². The Balaban J connectivity index is 2.71. The minimum atomic E-state index is -0.812. The molecule has 0 atom stereocenters. The lowest BCUT2D eigenvalue weighted by Crippen LogP contribution is -2.41. The van der Waals surface area contributed by atoms with Crippen molar-refractivity contribution in [1.29, 1.82) is 0 Å². The van der Waals surface area contributed by atoms with Crippen LogP contribution in [0, 0.1) is 0 Å². The Morgan fingerprint density at radius 2 is 1.92 bits per heavy atom. The third-order valence-corrected chi connectivity index (χ3v) is 2.74. The number of hydrogen-bond donors (Lipinski definition) is 2. The van der Waals surface area contributed by atoms with Crippen LogP contribution in [-0.4, -0.2) is 37.3 Å². The maximum Gasteiger partial charge on any atom is 0.329 e. The molecule has 0 saturated heterocycles. The maximum atomic E-state index is 11.5. The van der Waals surface area contributed by atoms with Gasteiger partial charge in [-0.15, -0.1) is 0 Å². The van der Waals surface area contributed by atoms with Gasteiger partial charge in [0.1, 0.15) is 0 Å². The van der Waals surface area contributed by atoms with E-state index < -0.39 is 11.8 Å². The summed E-state index contributed by atoms with van der Waals surface area (Å²) >= 11 is 0. The number of nitrogens with zero attached hydrogens (tertiary/aromatic N) is 1. The molecule has 0 radical (unpaired) electrons. The molecule has 0 saturated carbocycles. The molecule has 0 heterocycles. The van der Waals surface area contributed by atoms with Crippen LogP contribution in [0.15, 0.2) is 23.3 Å². The van der Waals surface area contributed by atoms with Crippen LogP contribution in [0.3, 0.4) is 0 Å². The van der Waals surface area contributed by atoms with E-state index in [1.165, 1.54) is 6.21 Å². The lowest BCUT2D eigenvalue weighted by atomic mass is 10.2. The number of amides is 2. The van der Waals surface area contributed by atoms with E-state index in [-0.39, 0.29) is 6.04 Å². The molecule has 2 amide bonds. The fourth-order valence-corrected chi connectivity index (χ4v) is 1.75. The highest BCUT2D eigenvalue weighted by atomic mass is 16.5. The molecule has 0 aliphatic rings. The van der Waals surface area contributed by atoms with E-state index in [1.54, 1.807) is 32.0 Å². The molecule has 0 bridgehead atoms. The highest BCUT2D eigenvalue weighted by Gasteiger charge is 2.13. The average molecular weight is 335 g/mol. The van der Waals surface area contributed by atoms with E-state index in [1.807, 2.05) is 13.8 Å². The number of carbonyl (C=O) groups excluding carboxylic acids is 2. The largest absolute Gasteiger partial charge is 0.490 e. The van der Waals surface area contributed by atoms with Crippen LogP contribution in [0.25, 0.3) is 0 Å². The summed E-state index contributed by atoms with van der Waals surface area (Å²) in [5.41, 5.74) is 2.90. The third kappa shape index (κ3) is 6.68. The fraction of sp³-hybridized carbons (Fsp3) is 0.471. The van der Waals surface area contributed by atoms with Gasteiger partial charge in [-0.1, -0.05) is 6.92 Å². The lowest BCUT2D eigenvalue weighted by Gasteiger charge is -2.11. The van der Waals surface area contributed by atoms with Crippen molar-refractivity contribution < 1.29 is 19.1 Å². The standard InChI is InChI=1S/C17H25N3O4/c1-5-9-24-14-8-7-13(10-15(14)23-6-2)11-18-20-17(22)16(21)19-12(3)4/h7-8,10-12H,5-6,9H2,1-4H3,(H,19,21)(H,20,22)/b18-11-. The molecule has 1 aromatic carbocycles. The SMILES string of the molecule is CCCOc1ccc(/C=N\NC(=O)C(=O)NC(C)C)cc1OCC. The van der Waals surface area contributed by atoms with Gasteiger partial charge in [0, 0.05) is 6.04 Å². The highest BCUT2D eigenvalue weighted by Crippen LogP contribution is 2.28. The molecule has 1 aromatic rings. The molecule has 0 aromatic heterocycles. The molecular formula is C17H25N3O4. The minimum Gasteiger partial charge on any atom is -0.490 e. The van der Waals surface area contributed by atoms with E-state index in [2.05, 4.69) is 15.8 Å². The normalized spacial score (nSPS) is 10.7. The Labute approximate surface area is 142 Å². The summed E-state index contributed by atoms with van der Waals surface area (Å²) < 4.78 is 11.2. The fourth-order valence-electron chi connectivity index (χ4n) is 1.75. The zero-order chi connectivity index (χ0) is 17.9. The molecule has 0 fully saturated rings. The molecule has 24 heavy (non-hydrogen) atoms. The first-order valence-electron chi connectivity index (χ1n) is 8.01. The zero-order valence-electron chi connectivity index (χ0n) is 14.6. The van der Waals surface area contributed by atoms with Crippen molar-refractivity contribution in [1.82, 2.24) is 10.7 Å². The van der Waals surface area contributed by atoms with Gasteiger partial charge in [-0.05, 0) is 51.0 Å². The second-order valence-corrected chi connectivity index (χ2v) is 5.31. The number of rotatable bonds is 8. The van der Waals surface area contributed by atoms with Crippen LogP contribution in [0.1, 0.15) is 39.7 Å². The molecule has 0 unspecified atom stereocenters. The quantitative estimate of drug-likeness (QED) is 0.431. The number of nitrogens with one attached hydrogen (secondary N) is 2. The summed E-state index contributed by atoms with van der Waals surface area (Å²) in [5, 5.41) is 6.26. The molecule has 2 N–H and O–H groups in total. The van der Waals surface area contributed by atoms with Crippen molar-refractivity contribution in [3.8, 4) is 11.5 Å². The predicted molar refractivity (Wildman–Crippen MR) is 92.4 cm³/mol. The van der Waals surface area contributed by atoms with Crippen molar-refractivity contribution in [2.24, 2.45) is 5.10 Å². The smallest absolute Gasteiger partial charge is 0.329 e. The van der Waals surface area contributed by atoms with Crippen molar-refractivity contribution in [2.75, 3.05) is 13.2 Å².